The minimum Gasteiger partial charge on any atom is -0.389 e. The van der Waals surface area contributed by atoms with Crippen LogP contribution in [-0.2, 0) is 13.0 Å². The highest BCUT2D eigenvalue weighted by Gasteiger charge is 2.36. The van der Waals surface area contributed by atoms with Crippen LogP contribution in [0.1, 0.15) is 46.3 Å². The predicted octanol–water partition coefficient (Wildman–Crippen LogP) is 3.04. The summed E-state index contributed by atoms with van der Waals surface area (Å²) in [7, 11) is 0. The smallest absolute Gasteiger partial charge is 0.261 e. The fraction of sp³-hybridized carbons (Fsp3) is 0.318. The van der Waals surface area contributed by atoms with Gasteiger partial charge in [0.1, 0.15) is 5.82 Å². The number of aliphatic hydroxyl groups excluding tert-OH is 1. The molecule has 0 bridgehead atoms. The first-order valence-corrected chi connectivity index (χ1v) is 9.67. The molecule has 0 saturated heterocycles. The molecule has 6 heteroatoms. The quantitative estimate of drug-likeness (QED) is 0.642. The summed E-state index contributed by atoms with van der Waals surface area (Å²) in [6.07, 6.45) is 2.02. The lowest BCUT2D eigenvalue weighted by molar-refractivity contribution is 0.0521. The topological polar surface area (TPSA) is 75.4 Å². The molecule has 1 atom stereocenters. The third-order valence-electron chi connectivity index (χ3n) is 5.15. The van der Waals surface area contributed by atoms with Gasteiger partial charge in [-0.2, -0.15) is 0 Å². The third kappa shape index (κ3) is 3.20. The molecular weight excluding hydrogens is 354 g/mol. The molecule has 0 saturated carbocycles. The molecule has 28 heavy (non-hydrogen) atoms. The maximum Gasteiger partial charge on any atom is 0.261 e. The van der Waals surface area contributed by atoms with Crippen molar-refractivity contribution in [3.8, 4) is 0 Å². The van der Waals surface area contributed by atoms with Crippen molar-refractivity contribution in [3.63, 3.8) is 0 Å². The zero-order valence-electron chi connectivity index (χ0n) is 15.8. The lowest BCUT2D eigenvalue weighted by Gasteiger charge is -2.20. The monoisotopic (exact) mass is 377 g/mol. The van der Waals surface area contributed by atoms with E-state index in [1.165, 1.54) is 0 Å². The first kappa shape index (κ1) is 18.4. The van der Waals surface area contributed by atoms with E-state index in [0.717, 1.165) is 41.0 Å². The van der Waals surface area contributed by atoms with E-state index in [9.17, 15) is 14.7 Å². The Morgan fingerprint density at radius 3 is 2.29 bits per heavy atom. The Morgan fingerprint density at radius 2 is 1.61 bits per heavy atom. The molecule has 0 spiro atoms. The number of aliphatic hydroxyl groups is 1. The Balaban J connectivity index is 1.55. The molecule has 6 nitrogen and oxygen atoms in total. The van der Waals surface area contributed by atoms with E-state index in [4.69, 9.17) is 4.98 Å². The van der Waals surface area contributed by atoms with Gasteiger partial charge in [0.2, 0.25) is 0 Å². The molecule has 0 unspecified atom stereocenters. The zero-order valence-corrected chi connectivity index (χ0v) is 15.8. The molecule has 0 aliphatic carbocycles. The van der Waals surface area contributed by atoms with Gasteiger partial charge in [0.25, 0.3) is 11.8 Å². The van der Waals surface area contributed by atoms with E-state index in [-0.39, 0.29) is 24.9 Å². The highest BCUT2D eigenvalue weighted by Crippen LogP contribution is 2.23. The van der Waals surface area contributed by atoms with Crippen molar-refractivity contribution in [3.05, 3.63) is 65.5 Å². The van der Waals surface area contributed by atoms with Crippen LogP contribution in [0.15, 0.2) is 48.5 Å². The van der Waals surface area contributed by atoms with Crippen molar-refractivity contribution in [1.29, 1.82) is 0 Å². The molecule has 144 valence electrons. The number of rotatable bonds is 7. The molecule has 0 radical (unpaired) electrons. The lowest BCUT2D eigenvalue weighted by Crippen LogP contribution is -2.38. The van der Waals surface area contributed by atoms with Crippen molar-refractivity contribution in [2.75, 3.05) is 6.54 Å². The Kier molecular flexibility index (Phi) is 4.96. The summed E-state index contributed by atoms with van der Waals surface area (Å²) in [6, 6.07) is 14.6. The van der Waals surface area contributed by atoms with Crippen LogP contribution in [0.5, 0.6) is 0 Å². The van der Waals surface area contributed by atoms with Gasteiger partial charge in [-0.05, 0) is 30.7 Å². The Morgan fingerprint density at radius 1 is 0.964 bits per heavy atom. The van der Waals surface area contributed by atoms with Crippen molar-refractivity contribution in [2.45, 2.75) is 38.8 Å². The number of amides is 2. The second-order valence-corrected chi connectivity index (χ2v) is 7.15. The van der Waals surface area contributed by atoms with E-state index in [0.29, 0.717) is 11.1 Å². The van der Waals surface area contributed by atoms with Crippen LogP contribution in [0.4, 0.5) is 0 Å². The summed E-state index contributed by atoms with van der Waals surface area (Å²) in [5.41, 5.74) is 2.64. The van der Waals surface area contributed by atoms with E-state index in [2.05, 4.69) is 6.92 Å². The number of fused-ring (bicyclic) bond motifs is 2. The molecule has 1 aliphatic rings. The first-order valence-electron chi connectivity index (χ1n) is 9.67. The van der Waals surface area contributed by atoms with Crippen LogP contribution in [-0.4, -0.2) is 44.0 Å². The summed E-state index contributed by atoms with van der Waals surface area (Å²) in [5.74, 6) is 0.229. The minimum atomic E-state index is -0.875. The van der Waals surface area contributed by atoms with Crippen LogP contribution in [0.3, 0.4) is 0 Å². The number of nitrogens with zero attached hydrogens (tertiary/aromatic N) is 3. The standard InChI is InChI=1S/C22H23N3O3/c1-2-3-12-20-23-18-10-6-7-11-19(18)24(20)13-15(26)14-25-21(27)16-8-4-5-9-17(16)22(25)28/h4-11,15,26H,2-3,12-14H2,1H3/t15-/m1/s1. The van der Waals surface area contributed by atoms with Gasteiger partial charge < -0.3 is 9.67 Å². The molecule has 1 aliphatic heterocycles. The maximum atomic E-state index is 12.5. The molecular formula is C22H23N3O3. The number of carbonyl (C=O) groups is 2. The second-order valence-electron chi connectivity index (χ2n) is 7.15. The average molecular weight is 377 g/mol. The average Bonchev–Trinajstić information content (AvgIpc) is 3.17. The molecule has 2 heterocycles. The van der Waals surface area contributed by atoms with Crippen LogP contribution < -0.4 is 0 Å². The highest BCUT2D eigenvalue weighted by molar-refractivity contribution is 6.21. The second kappa shape index (κ2) is 7.56. The SMILES string of the molecule is CCCCc1nc2ccccc2n1C[C@@H](O)CN1C(=O)c2ccccc2C1=O. The normalized spacial score (nSPS) is 14.7. The molecule has 1 aromatic heterocycles. The number of benzene rings is 2. The van der Waals surface area contributed by atoms with Gasteiger partial charge in [-0.3, -0.25) is 14.5 Å². The van der Waals surface area contributed by atoms with Gasteiger partial charge in [-0.25, -0.2) is 4.98 Å². The molecule has 2 amide bonds. The van der Waals surface area contributed by atoms with Crippen LogP contribution in [0, 0.1) is 0 Å². The van der Waals surface area contributed by atoms with Crippen molar-refractivity contribution in [2.24, 2.45) is 0 Å². The van der Waals surface area contributed by atoms with Gasteiger partial charge >= 0.3 is 0 Å². The number of carbonyl (C=O) groups excluding carboxylic acids is 2. The number of β-amino-alcohol motifs (C(OH)–C–C–N with tert-alkyl or cyclic N) is 1. The van der Waals surface area contributed by atoms with Gasteiger partial charge in [0, 0.05) is 6.42 Å². The summed E-state index contributed by atoms with van der Waals surface area (Å²) in [5, 5.41) is 10.7. The Bertz CT molecular complexity index is 1010. The van der Waals surface area contributed by atoms with E-state index in [1.54, 1.807) is 24.3 Å². The summed E-state index contributed by atoms with van der Waals surface area (Å²) in [4.78, 5) is 30.9. The number of para-hydroxylation sites is 2. The Labute approximate surface area is 163 Å². The molecule has 2 aromatic carbocycles. The zero-order chi connectivity index (χ0) is 19.7. The lowest BCUT2D eigenvalue weighted by atomic mass is 10.1. The van der Waals surface area contributed by atoms with Crippen molar-refractivity contribution < 1.29 is 14.7 Å². The van der Waals surface area contributed by atoms with E-state index < -0.39 is 6.10 Å². The van der Waals surface area contributed by atoms with Gasteiger partial charge in [-0.1, -0.05) is 37.6 Å². The van der Waals surface area contributed by atoms with Crippen molar-refractivity contribution in [1.82, 2.24) is 14.5 Å². The molecule has 1 N–H and O–H groups in total. The summed E-state index contributed by atoms with van der Waals surface area (Å²) in [6.45, 7) is 2.38. The van der Waals surface area contributed by atoms with E-state index in [1.807, 2.05) is 28.8 Å². The summed E-state index contributed by atoms with van der Waals surface area (Å²) < 4.78 is 2.01. The molecule has 0 fully saturated rings. The molecule has 4 rings (SSSR count). The van der Waals surface area contributed by atoms with Gasteiger partial charge in [-0.15, -0.1) is 0 Å². The van der Waals surface area contributed by atoms with Crippen molar-refractivity contribution >= 4 is 22.8 Å². The summed E-state index contributed by atoms with van der Waals surface area (Å²) >= 11 is 0. The number of hydrogen-bond acceptors (Lipinski definition) is 4. The van der Waals surface area contributed by atoms with Crippen LogP contribution in [0.2, 0.25) is 0 Å². The minimum absolute atomic E-state index is 0.0356. The maximum absolute atomic E-state index is 12.5. The number of imide groups is 1. The van der Waals surface area contributed by atoms with Gasteiger partial charge in [0.05, 0.1) is 41.4 Å². The van der Waals surface area contributed by atoms with Crippen LogP contribution in [0.25, 0.3) is 11.0 Å². The third-order valence-corrected chi connectivity index (χ3v) is 5.15. The first-order chi connectivity index (χ1) is 13.6. The highest BCUT2D eigenvalue weighted by atomic mass is 16.3. The largest absolute Gasteiger partial charge is 0.389 e. The predicted molar refractivity (Wildman–Crippen MR) is 106 cm³/mol. The number of unbranched alkanes of at least 4 members (excludes halogenated alkanes) is 1. The molecule has 3 aromatic rings. The fourth-order valence-electron chi connectivity index (χ4n) is 3.74. The number of imidazole rings is 1. The number of aromatic nitrogens is 2. The number of hydrogen-bond donors (Lipinski definition) is 1. The Hall–Kier alpha value is -2.99. The fourth-order valence-corrected chi connectivity index (χ4v) is 3.74. The number of aryl methyl sites for hydroxylation is 1. The van der Waals surface area contributed by atoms with Gasteiger partial charge in [0.15, 0.2) is 0 Å². The van der Waals surface area contributed by atoms with E-state index >= 15 is 0 Å². The van der Waals surface area contributed by atoms with Crippen LogP contribution >= 0.6 is 0 Å².